The Kier molecular flexibility index (Phi) is 5.12. The van der Waals surface area contributed by atoms with Crippen molar-refractivity contribution < 1.29 is 18.0 Å². The minimum Gasteiger partial charge on any atom is -0.270 e. The van der Waals surface area contributed by atoms with Gasteiger partial charge in [-0.15, -0.1) is 22.7 Å². The van der Waals surface area contributed by atoms with E-state index in [1.54, 1.807) is 41.8 Å². The Labute approximate surface area is 192 Å². The molecule has 0 unspecified atom stereocenters. The molecule has 3 heterocycles. The zero-order valence-corrected chi connectivity index (χ0v) is 18.8. The normalized spacial score (nSPS) is 13.4. The molecular weight excluding hydrogens is 466 g/mol. The van der Waals surface area contributed by atoms with Crippen LogP contribution in [0.5, 0.6) is 0 Å². The molecule has 0 saturated carbocycles. The molecule has 7 nitrogen and oxygen atoms in total. The summed E-state index contributed by atoms with van der Waals surface area (Å²) >= 11 is 2.74. The van der Waals surface area contributed by atoms with Gasteiger partial charge in [-0.25, -0.2) is 13.4 Å². The van der Waals surface area contributed by atoms with Crippen molar-refractivity contribution in [3.8, 4) is 10.6 Å². The van der Waals surface area contributed by atoms with Crippen molar-refractivity contribution >= 4 is 49.6 Å². The van der Waals surface area contributed by atoms with Gasteiger partial charge in [0.2, 0.25) is 0 Å². The standard InChI is InChI=1S/C22H15N3O4S3/c26-20-16-4-1-2-5-17(16)21(27)25(20)12-14-7-9-15(10-8-14)32(28,29)24-22-23-18(13-31-22)19-6-3-11-30-19/h1-11,13H,12H2,(H,23,24). The summed E-state index contributed by atoms with van der Waals surface area (Å²) < 4.78 is 28.0. The van der Waals surface area contributed by atoms with E-state index in [9.17, 15) is 18.0 Å². The fourth-order valence-corrected chi connectivity index (χ4v) is 6.10. The summed E-state index contributed by atoms with van der Waals surface area (Å²) in [5.74, 6) is -0.705. The van der Waals surface area contributed by atoms with Crippen LogP contribution in [0.3, 0.4) is 0 Å². The average molecular weight is 482 g/mol. The van der Waals surface area contributed by atoms with Crippen molar-refractivity contribution in [2.24, 2.45) is 0 Å². The molecule has 0 aliphatic carbocycles. The van der Waals surface area contributed by atoms with E-state index in [1.165, 1.54) is 34.8 Å². The molecule has 2 amide bonds. The van der Waals surface area contributed by atoms with E-state index >= 15 is 0 Å². The Morgan fingerprint density at radius 3 is 2.19 bits per heavy atom. The largest absolute Gasteiger partial charge is 0.270 e. The summed E-state index contributed by atoms with van der Waals surface area (Å²) in [5, 5.41) is 4.01. The lowest BCUT2D eigenvalue weighted by molar-refractivity contribution is 0.0642. The zero-order valence-electron chi connectivity index (χ0n) is 16.4. The SMILES string of the molecule is O=C1c2ccccc2C(=O)N1Cc1ccc(S(=O)(=O)Nc2nc(-c3cccs3)cs2)cc1. The van der Waals surface area contributed by atoms with E-state index in [0.717, 1.165) is 15.5 Å². The van der Waals surface area contributed by atoms with Crippen molar-refractivity contribution in [2.75, 3.05) is 4.72 Å². The molecular formula is C22H15N3O4S3. The van der Waals surface area contributed by atoms with Gasteiger partial charge < -0.3 is 0 Å². The molecule has 160 valence electrons. The van der Waals surface area contributed by atoms with Crippen LogP contribution in [-0.4, -0.2) is 30.1 Å². The Balaban J connectivity index is 1.30. The summed E-state index contributed by atoms with van der Waals surface area (Å²) in [4.78, 5) is 31.6. The fraction of sp³-hybridized carbons (Fsp3) is 0.0455. The number of carbonyl (C=O) groups is 2. The van der Waals surface area contributed by atoms with Crippen LogP contribution in [0.15, 0.2) is 76.3 Å². The molecule has 1 aliphatic rings. The van der Waals surface area contributed by atoms with Crippen LogP contribution in [0.2, 0.25) is 0 Å². The predicted octanol–water partition coefficient (Wildman–Crippen LogP) is 4.47. The third kappa shape index (κ3) is 3.72. The second-order valence-corrected chi connectivity index (χ2v) is 10.5. The molecule has 0 fully saturated rings. The number of hydrogen-bond acceptors (Lipinski definition) is 7. The van der Waals surface area contributed by atoms with Crippen molar-refractivity contribution in [1.82, 2.24) is 9.88 Å². The zero-order chi connectivity index (χ0) is 22.3. The van der Waals surface area contributed by atoms with Gasteiger partial charge in [0.25, 0.3) is 21.8 Å². The van der Waals surface area contributed by atoms with Crippen LogP contribution in [0, 0.1) is 0 Å². The molecule has 0 spiro atoms. The van der Waals surface area contributed by atoms with E-state index < -0.39 is 10.0 Å². The molecule has 0 atom stereocenters. The van der Waals surface area contributed by atoms with E-state index in [2.05, 4.69) is 9.71 Å². The first-order valence-corrected chi connectivity index (χ1v) is 12.7. The topological polar surface area (TPSA) is 96.4 Å². The molecule has 1 N–H and O–H groups in total. The number of carbonyl (C=O) groups excluding carboxylic acids is 2. The number of amides is 2. The Morgan fingerprint density at radius 2 is 1.56 bits per heavy atom. The molecule has 5 rings (SSSR count). The first-order chi connectivity index (χ1) is 15.4. The number of sulfonamides is 1. The van der Waals surface area contributed by atoms with Crippen LogP contribution >= 0.6 is 22.7 Å². The maximum Gasteiger partial charge on any atom is 0.263 e. The summed E-state index contributed by atoms with van der Waals surface area (Å²) in [6.45, 7) is 0.0662. The van der Waals surface area contributed by atoms with Crippen molar-refractivity contribution in [1.29, 1.82) is 0 Å². The minimum absolute atomic E-state index is 0.0662. The summed E-state index contributed by atoms with van der Waals surface area (Å²) in [7, 11) is -3.82. The second kappa shape index (κ2) is 7.97. The second-order valence-electron chi connectivity index (χ2n) is 7.01. The minimum atomic E-state index is -3.82. The van der Waals surface area contributed by atoms with Crippen LogP contribution in [0.4, 0.5) is 5.13 Å². The van der Waals surface area contributed by atoms with E-state index in [4.69, 9.17) is 0 Å². The highest BCUT2D eigenvalue weighted by molar-refractivity contribution is 7.93. The maximum absolute atomic E-state index is 12.7. The van der Waals surface area contributed by atoms with Crippen LogP contribution in [0.25, 0.3) is 10.6 Å². The molecule has 10 heteroatoms. The van der Waals surface area contributed by atoms with E-state index in [1.807, 2.05) is 17.5 Å². The smallest absolute Gasteiger partial charge is 0.263 e. The van der Waals surface area contributed by atoms with E-state index in [-0.39, 0.29) is 28.4 Å². The molecule has 32 heavy (non-hydrogen) atoms. The van der Waals surface area contributed by atoms with Crippen LogP contribution in [0.1, 0.15) is 26.3 Å². The number of thiazole rings is 1. The van der Waals surface area contributed by atoms with Crippen molar-refractivity contribution in [2.45, 2.75) is 11.4 Å². The molecule has 0 radical (unpaired) electrons. The van der Waals surface area contributed by atoms with Gasteiger partial charge in [0.05, 0.1) is 33.1 Å². The Bertz CT molecular complexity index is 1390. The van der Waals surface area contributed by atoms with Gasteiger partial charge in [-0.05, 0) is 41.3 Å². The first kappa shape index (κ1) is 20.6. The molecule has 4 aromatic rings. The van der Waals surface area contributed by atoms with Gasteiger partial charge in [0, 0.05) is 5.38 Å². The Morgan fingerprint density at radius 1 is 0.875 bits per heavy atom. The average Bonchev–Trinajstić information content (AvgIpc) is 3.52. The molecule has 0 bridgehead atoms. The predicted molar refractivity (Wildman–Crippen MR) is 123 cm³/mol. The number of imide groups is 1. The maximum atomic E-state index is 12.7. The first-order valence-electron chi connectivity index (χ1n) is 9.49. The molecule has 1 aliphatic heterocycles. The highest BCUT2D eigenvalue weighted by Crippen LogP contribution is 2.30. The lowest BCUT2D eigenvalue weighted by Crippen LogP contribution is -2.29. The molecule has 2 aromatic heterocycles. The quantitative estimate of drug-likeness (QED) is 0.410. The summed E-state index contributed by atoms with van der Waals surface area (Å²) in [6, 6.07) is 16.6. The number of anilines is 1. The number of rotatable bonds is 6. The third-order valence-corrected chi connectivity index (χ3v) is 8.09. The monoisotopic (exact) mass is 481 g/mol. The van der Waals surface area contributed by atoms with Gasteiger partial charge in [0.1, 0.15) is 0 Å². The van der Waals surface area contributed by atoms with E-state index in [0.29, 0.717) is 16.7 Å². The lowest BCUT2D eigenvalue weighted by atomic mass is 10.1. The van der Waals surface area contributed by atoms with Crippen LogP contribution in [-0.2, 0) is 16.6 Å². The Hall–Kier alpha value is -3.34. The number of aromatic nitrogens is 1. The van der Waals surface area contributed by atoms with Gasteiger partial charge in [-0.1, -0.05) is 30.3 Å². The number of thiophene rings is 1. The van der Waals surface area contributed by atoms with Gasteiger partial charge in [0.15, 0.2) is 5.13 Å². The van der Waals surface area contributed by atoms with Crippen molar-refractivity contribution in [3.05, 3.63) is 88.1 Å². The third-order valence-electron chi connectivity index (χ3n) is 4.95. The number of nitrogens with zero attached hydrogens (tertiary/aromatic N) is 2. The summed E-state index contributed by atoms with van der Waals surface area (Å²) in [6.07, 6.45) is 0. The number of nitrogens with one attached hydrogen (secondary N) is 1. The molecule has 0 saturated heterocycles. The van der Waals surface area contributed by atoms with Crippen LogP contribution < -0.4 is 4.72 Å². The fourth-order valence-electron chi connectivity index (χ4n) is 3.37. The number of benzene rings is 2. The van der Waals surface area contributed by atoms with Gasteiger partial charge in [-0.3, -0.25) is 19.2 Å². The van der Waals surface area contributed by atoms with Gasteiger partial charge in [-0.2, -0.15) is 0 Å². The highest BCUT2D eigenvalue weighted by atomic mass is 32.2. The lowest BCUT2D eigenvalue weighted by Gasteiger charge is -2.14. The highest BCUT2D eigenvalue weighted by Gasteiger charge is 2.35. The number of hydrogen-bond donors (Lipinski definition) is 1. The number of fused-ring (bicyclic) bond motifs is 1. The summed E-state index contributed by atoms with van der Waals surface area (Å²) in [5.41, 5.74) is 2.13. The van der Waals surface area contributed by atoms with Gasteiger partial charge >= 0.3 is 0 Å². The van der Waals surface area contributed by atoms with Crippen molar-refractivity contribution in [3.63, 3.8) is 0 Å². The molecule has 2 aromatic carbocycles.